The first-order valence-electron chi connectivity index (χ1n) is 9.09. The van der Waals surface area contributed by atoms with Crippen LogP contribution in [0.15, 0.2) is 47.5 Å². The molecule has 0 unspecified atom stereocenters. The third kappa shape index (κ3) is 2.93. The Balaban J connectivity index is 1.33. The standard InChI is InChI=1S/C19H19ClN6O/c20-17-7-10-25-18(23-17)13(11-21-25)12-24-8-5-14(6-9-24)26-16-4-2-1-3-15(16)22-19(26)27/h1-4,7,10-11,14H,5-6,8-9,12H2,(H,22,27). The Morgan fingerprint density at radius 1 is 1.19 bits per heavy atom. The average Bonchev–Trinajstić information content (AvgIpc) is 3.22. The number of H-pyrrole nitrogens is 1. The van der Waals surface area contributed by atoms with Gasteiger partial charge in [0.25, 0.3) is 0 Å². The van der Waals surface area contributed by atoms with Gasteiger partial charge in [0, 0.05) is 37.4 Å². The van der Waals surface area contributed by atoms with E-state index < -0.39 is 0 Å². The number of aromatic nitrogens is 5. The van der Waals surface area contributed by atoms with Gasteiger partial charge in [-0.15, -0.1) is 0 Å². The molecule has 0 amide bonds. The minimum Gasteiger partial charge on any atom is -0.306 e. The lowest BCUT2D eigenvalue weighted by atomic mass is 10.0. The molecule has 138 valence electrons. The highest BCUT2D eigenvalue weighted by molar-refractivity contribution is 6.29. The number of fused-ring (bicyclic) bond motifs is 2. The molecule has 1 saturated heterocycles. The van der Waals surface area contributed by atoms with E-state index in [1.807, 2.05) is 41.2 Å². The molecule has 0 spiro atoms. The van der Waals surface area contributed by atoms with Crippen LogP contribution in [0.4, 0.5) is 0 Å². The molecule has 5 rings (SSSR count). The summed E-state index contributed by atoms with van der Waals surface area (Å²) in [6.45, 7) is 2.63. The fourth-order valence-corrected chi connectivity index (χ4v) is 4.16. The number of aromatic amines is 1. The second kappa shape index (κ2) is 6.51. The molecule has 1 fully saturated rings. The molecule has 1 aromatic carbocycles. The first-order chi connectivity index (χ1) is 13.2. The van der Waals surface area contributed by atoms with Crippen LogP contribution in [0.1, 0.15) is 24.4 Å². The van der Waals surface area contributed by atoms with Crippen LogP contribution in [0.3, 0.4) is 0 Å². The third-order valence-corrected chi connectivity index (χ3v) is 5.56. The number of hydrogen-bond donors (Lipinski definition) is 1. The van der Waals surface area contributed by atoms with Crippen LogP contribution in [0.2, 0.25) is 5.15 Å². The molecule has 27 heavy (non-hydrogen) atoms. The first-order valence-corrected chi connectivity index (χ1v) is 9.47. The van der Waals surface area contributed by atoms with Gasteiger partial charge in [-0.1, -0.05) is 23.7 Å². The zero-order chi connectivity index (χ0) is 18.4. The summed E-state index contributed by atoms with van der Waals surface area (Å²) < 4.78 is 3.67. The summed E-state index contributed by atoms with van der Waals surface area (Å²) in [6, 6.07) is 9.84. The topological polar surface area (TPSA) is 71.2 Å². The lowest BCUT2D eigenvalue weighted by molar-refractivity contribution is 0.180. The van der Waals surface area contributed by atoms with Crippen LogP contribution in [-0.4, -0.2) is 42.1 Å². The Bertz CT molecular complexity index is 1170. The number of halogens is 1. The fourth-order valence-electron chi connectivity index (χ4n) is 4.02. The Hall–Kier alpha value is -2.64. The second-order valence-electron chi connectivity index (χ2n) is 7.01. The SMILES string of the molecule is O=c1[nH]c2ccccc2n1C1CCN(Cc2cnn3ccc(Cl)nc23)CC1. The van der Waals surface area contributed by atoms with Gasteiger partial charge >= 0.3 is 5.69 Å². The highest BCUT2D eigenvalue weighted by Gasteiger charge is 2.24. The Labute approximate surface area is 160 Å². The molecule has 0 atom stereocenters. The van der Waals surface area contributed by atoms with Crippen LogP contribution >= 0.6 is 11.6 Å². The molecule has 0 radical (unpaired) electrons. The number of hydrogen-bond acceptors (Lipinski definition) is 4. The van der Waals surface area contributed by atoms with E-state index in [0.717, 1.165) is 54.7 Å². The van der Waals surface area contributed by atoms with Gasteiger partial charge in [0.2, 0.25) is 0 Å². The van der Waals surface area contributed by atoms with E-state index in [1.54, 1.807) is 10.6 Å². The Morgan fingerprint density at radius 3 is 2.85 bits per heavy atom. The van der Waals surface area contributed by atoms with Crippen molar-refractivity contribution >= 4 is 28.3 Å². The van der Waals surface area contributed by atoms with E-state index in [-0.39, 0.29) is 11.7 Å². The van der Waals surface area contributed by atoms with Gasteiger partial charge in [-0.25, -0.2) is 14.3 Å². The van der Waals surface area contributed by atoms with E-state index in [4.69, 9.17) is 11.6 Å². The van der Waals surface area contributed by atoms with Crippen molar-refractivity contribution in [3.63, 3.8) is 0 Å². The summed E-state index contributed by atoms with van der Waals surface area (Å²) >= 11 is 6.03. The predicted octanol–water partition coefficient (Wildman–Crippen LogP) is 2.86. The lowest BCUT2D eigenvalue weighted by Gasteiger charge is -2.32. The average molecular weight is 383 g/mol. The van der Waals surface area contributed by atoms with Crippen LogP contribution in [0, 0.1) is 0 Å². The molecular weight excluding hydrogens is 364 g/mol. The summed E-state index contributed by atoms with van der Waals surface area (Å²) in [7, 11) is 0. The predicted molar refractivity (Wildman–Crippen MR) is 104 cm³/mol. The highest BCUT2D eigenvalue weighted by atomic mass is 35.5. The molecule has 8 heteroatoms. The van der Waals surface area contributed by atoms with Crippen molar-refractivity contribution in [2.75, 3.05) is 13.1 Å². The van der Waals surface area contributed by atoms with Crippen LogP contribution in [0.5, 0.6) is 0 Å². The molecule has 1 aliphatic rings. The maximum absolute atomic E-state index is 12.4. The number of piperidine rings is 1. The van der Waals surface area contributed by atoms with Crippen molar-refractivity contribution in [1.29, 1.82) is 0 Å². The Kier molecular flexibility index (Phi) is 3.98. The minimum absolute atomic E-state index is 0.0175. The summed E-state index contributed by atoms with van der Waals surface area (Å²) in [5.74, 6) is 0. The van der Waals surface area contributed by atoms with Gasteiger partial charge in [-0.3, -0.25) is 9.47 Å². The number of likely N-dealkylation sites (tertiary alicyclic amines) is 1. The van der Waals surface area contributed by atoms with E-state index in [9.17, 15) is 4.79 Å². The third-order valence-electron chi connectivity index (χ3n) is 5.35. The largest absolute Gasteiger partial charge is 0.326 e. The number of nitrogens with one attached hydrogen (secondary N) is 1. The number of rotatable bonds is 3. The minimum atomic E-state index is -0.0175. The summed E-state index contributed by atoms with van der Waals surface area (Å²) in [5, 5.41) is 4.82. The highest BCUT2D eigenvalue weighted by Crippen LogP contribution is 2.26. The van der Waals surface area contributed by atoms with Crippen molar-refractivity contribution in [3.05, 3.63) is 63.9 Å². The zero-order valence-corrected chi connectivity index (χ0v) is 15.4. The van der Waals surface area contributed by atoms with Crippen molar-refractivity contribution in [2.45, 2.75) is 25.4 Å². The number of nitrogens with zero attached hydrogens (tertiary/aromatic N) is 5. The van der Waals surface area contributed by atoms with Gasteiger partial charge in [-0.2, -0.15) is 5.10 Å². The molecule has 0 saturated carbocycles. The first kappa shape index (κ1) is 16.5. The van der Waals surface area contributed by atoms with Crippen LogP contribution in [-0.2, 0) is 6.54 Å². The zero-order valence-electron chi connectivity index (χ0n) is 14.7. The number of benzene rings is 1. The second-order valence-corrected chi connectivity index (χ2v) is 7.40. The molecule has 0 bridgehead atoms. The normalized spacial score (nSPS) is 16.5. The molecule has 1 N–H and O–H groups in total. The lowest BCUT2D eigenvalue weighted by Crippen LogP contribution is -2.36. The summed E-state index contributed by atoms with van der Waals surface area (Å²) in [6.07, 6.45) is 5.56. The maximum Gasteiger partial charge on any atom is 0.326 e. The molecular formula is C19H19ClN6O. The van der Waals surface area contributed by atoms with Gasteiger partial charge in [0.1, 0.15) is 5.15 Å². The number of para-hydroxylation sites is 2. The molecule has 4 aromatic rings. The van der Waals surface area contributed by atoms with Crippen LogP contribution in [0.25, 0.3) is 16.7 Å². The summed E-state index contributed by atoms with van der Waals surface area (Å²) in [4.78, 5) is 22.2. The Morgan fingerprint density at radius 2 is 2.00 bits per heavy atom. The van der Waals surface area contributed by atoms with Gasteiger partial charge in [-0.05, 0) is 31.0 Å². The van der Waals surface area contributed by atoms with Crippen molar-refractivity contribution in [2.24, 2.45) is 0 Å². The molecule has 7 nitrogen and oxygen atoms in total. The monoisotopic (exact) mass is 382 g/mol. The van der Waals surface area contributed by atoms with Crippen molar-refractivity contribution < 1.29 is 0 Å². The molecule has 3 aromatic heterocycles. The van der Waals surface area contributed by atoms with E-state index in [0.29, 0.717) is 5.15 Å². The molecule has 4 heterocycles. The van der Waals surface area contributed by atoms with Crippen molar-refractivity contribution in [1.82, 2.24) is 29.0 Å². The maximum atomic E-state index is 12.4. The van der Waals surface area contributed by atoms with E-state index >= 15 is 0 Å². The summed E-state index contributed by atoms with van der Waals surface area (Å²) in [5.41, 5.74) is 3.75. The number of imidazole rings is 1. The quantitative estimate of drug-likeness (QED) is 0.553. The van der Waals surface area contributed by atoms with Gasteiger partial charge in [0.05, 0.1) is 17.2 Å². The molecule has 0 aliphatic carbocycles. The van der Waals surface area contributed by atoms with Gasteiger partial charge in [0.15, 0.2) is 5.65 Å². The van der Waals surface area contributed by atoms with Crippen molar-refractivity contribution in [3.8, 4) is 0 Å². The van der Waals surface area contributed by atoms with Gasteiger partial charge < -0.3 is 4.98 Å². The van der Waals surface area contributed by atoms with Crippen LogP contribution < -0.4 is 5.69 Å². The smallest absolute Gasteiger partial charge is 0.306 e. The van der Waals surface area contributed by atoms with E-state index in [1.165, 1.54) is 0 Å². The molecule has 1 aliphatic heterocycles. The fraction of sp³-hybridized carbons (Fsp3) is 0.316. The van der Waals surface area contributed by atoms with E-state index in [2.05, 4.69) is 20.0 Å².